The first kappa shape index (κ1) is 15.4. The molecule has 1 aromatic heterocycles. The fourth-order valence-electron chi connectivity index (χ4n) is 2.06. The van der Waals surface area contributed by atoms with E-state index in [4.69, 9.17) is 0 Å². The van der Waals surface area contributed by atoms with Crippen LogP contribution in [0.2, 0.25) is 0 Å². The van der Waals surface area contributed by atoms with E-state index in [1.807, 2.05) is 37.0 Å². The molecular formula is C15H19F2N3O. The highest BCUT2D eigenvalue weighted by atomic mass is 19.3. The summed E-state index contributed by atoms with van der Waals surface area (Å²) in [5, 5.41) is 7.54. The van der Waals surface area contributed by atoms with E-state index in [0.29, 0.717) is 0 Å². The topological polar surface area (TPSA) is 39.1 Å². The quantitative estimate of drug-likeness (QED) is 0.853. The lowest BCUT2D eigenvalue weighted by molar-refractivity contribution is -0.0499. The molecule has 0 saturated heterocycles. The minimum Gasteiger partial charge on any atom is -0.435 e. The van der Waals surface area contributed by atoms with Crippen LogP contribution in [0.3, 0.4) is 0 Å². The summed E-state index contributed by atoms with van der Waals surface area (Å²) in [6.07, 6.45) is 3.79. The number of aromatic nitrogens is 2. The molecule has 0 fully saturated rings. The lowest BCUT2D eigenvalue weighted by Gasteiger charge is -2.15. The van der Waals surface area contributed by atoms with Crippen molar-refractivity contribution in [1.82, 2.24) is 15.1 Å². The van der Waals surface area contributed by atoms with E-state index in [2.05, 4.69) is 15.2 Å². The molecule has 2 aromatic rings. The standard InChI is InChI=1S/C15H19F2N3O/c1-11-9-19-20(10-11)7-6-18-12(2)13-4-3-5-14(8-13)21-15(16)17/h3-5,8-10,12,15,18H,6-7H2,1-2H3. The van der Waals surface area contributed by atoms with Crippen LogP contribution < -0.4 is 10.1 Å². The molecule has 114 valence electrons. The van der Waals surface area contributed by atoms with Crippen LogP contribution in [0, 0.1) is 6.92 Å². The van der Waals surface area contributed by atoms with Crippen molar-refractivity contribution in [1.29, 1.82) is 0 Å². The van der Waals surface area contributed by atoms with Crippen LogP contribution in [0.1, 0.15) is 24.1 Å². The lowest BCUT2D eigenvalue weighted by atomic mass is 10.1. The van der Waals surface area contributed by atoms with Gasteiger partial charge in [-0.25, -0.2) is 0 Å². The molecule has 1 N–H and O–H groups in total. The van der Waals surface area contributed by atoms with Gasteiger partial charge in [-0.15, -0.1) is 0 Å². The summed E-state index contributed by atoms with van der Waals surface area (Å²) in [4.78, 5) is 0. The molecule has 0 radical (unpaired) electrons. The van der Waals surface area contributed by atoms with Gasteiger partial charge in [0, 0.05) is 18.8 Å². The number of hydrogen-bond acceptors (Lipinski definition) is 3. The van der Waals surface area contributed by atoms with E-state index in [-0.39, 0.29) is 11.8 Å². The summed E-state index contributed by atoms with van der Waals surface area (Å²) < 4.78 is 30.7. The predicted octanol–water partition coefficient (Wildman–Crippen LogP) is 3.14. The average Bonchev–Trinajstić information content (AvgIpc) is 2.84. The Kier molecular flexibility index (Phi) is 5.27. The Morgan fingerprint density at radius 3 is 2.86 bits per heavy atom. The maximum absolute atomic E-state index is 12.2. The third-order valence-electron chi connectivity index (χ3n) is 3.14. The first-order chi connectivity index (χ1) is 10.0. The zero-order valence-electron chi connectivity index (χ0n) is 12.1. The van der Waals surface area contributed by atoms with Crippen LogP contribution in [0.25, 0.3) is 0 Å². The fourth-order valence-corrected chi connectivity index (χ4v) is 2.06. The second kappa shape index (κ2) is 7.17. The average molecular weight is 295 g/mol. The molecular weight excluding hydrogens is 276 g/mol. The van der Waals surface area contributed by atoms with Gasteiger partial charge in [0.25, 0.3) is 0 Å². The zero-order valence-corrected chi connectivity index (χ0v) is 12.1. The van der Waals surface area contributed by atoms with Crippen molar-refractivity contribution in [3.05, 3.63) is 47.8 Å². The van der Waals surface area contributed by atoms with Crippen molar-refractivity contribution in [2.45, 2.75) is 33.0 Å². The number of hydrogen-bond donors (Lipinski definition) is 1. The van der Waals surface area contributed by atoms with Crippen LogP contribution in [0.15, 0.2) is 36.7 Å². The number of benzene rings is 1. The van der Waals surface area contributed by atoms with Gasteiger partial charge in [-0.05, 0) is 37.1 Å². The zero-order chi connectivity index (χ0) is 15.2. The van der Waals surface area contributed by atoms with Crippen molar-refractivity contribution in [3.63, 3.8) is 0 Å². The van der Waals surface area contributed by atoms with Crippen LogP contribution in [0.5, 0.6) is 5.75 Å². The molecule has 0 amide bonds. The van der Waals surface area contributed by atoms with Crippen molar-refractivity contribution >= 4 is 0 Å². The number of ether oxygens (including phenoxy) is 1. The van der Waals surface area contributed by atoms with Gasteiger partial charge in [0.1, 0.15) is 5.75 Å². The first-order valence-electron chi connectivity index (χ1n) is 6.82. The highest BCUT2D eigenvalue weighted by Crippen LogP contribution is 2.20. The highest BCUT2D eigenvalue weighted by Gasteiger charge is 2.08. The Balaban J connectivity index is 1.86. The Morgan fingerprint density at radius 1 is 1.38 bits per heavy atom. The van der Waals surface area contributed by atoms with Gasteiger partial charge in [0.15, 0.2) is 0 Å². The summed E-state index contributed by atoms with van der Waals surface area (Å²) >= 11 is 0. The Labute approximate surface area is 122 Å². The summed E-state index contributed by atoms with van der Waals surface area (Å²) in [5.74, 6) is 0.179. The second-order valence-corrected chi connectivity index (χ2v) is 4.91. The molecule has 0 saturated carbocycles. The molecule has 4 nitrogen and oxygen atoms in total. The second-order valence-electron chi connectivity index (χ2n) is 4.91. The van der Waals surface area contributed by atoms with E-state index < -0.39 is 6.61 Å². The Bertz CT molecular complexity index is 572. The third-order valence-corrected chi connectivity index (χ3v) is 3.14. The molecule has 1 unspecified atom stereocenters. The summed E-state index contributed by atoms with van der Waals surface area (Å²) in [6.45, 7) is 2.67. The highest BCUT2D eigenvalue weighted by molar-refractivity contribution is 5.30. The molecule has 0 spiro atoms. The Hall–Kier alpha value is -1.95. The van der Waals surface area contributed by atoms with Crippen molar-refractivity contribution in [2.75, 3.05) is 6.54 Å². The van der Waals surface area contributed by atoms with Gasteiger partial charge in [-0.1, -0.05) is 12.1 Å². The number of nitrogens with zero attached hydrogens (tertiary/aromatic N) is 2. The van der Waals surface area contributed by atoms with Gasteiger partial charge in [-0.3, -0.25) is 4.68 Å². The minimum absolute atomic E-state index is 0.0443. The molecule has 6 heteroatoms. The molecule has 1 aromatic carbocycles. The number of nitrogens with one attached hydrogen (secondary N) is 1. The third kappa shape index (κ3) is 4.82. The van der Waals surface area contributed by atoms with Crippen molar-refractivity contribution < 1.29 is 13.5 Å². The first-order valence-corrected chi connectivity index (χ1v) is 6.82. The number of rotatable bonds is 7. The number of aryl methyl sites for hydroxylation is 1. The van der Waals surface area contributed by atoms with E-state index >= 15 is 0 Å². The van der Waals surface area contributed by atoms with Crippen molar-refractivity contribution in [3.8, 4) is 5.75 Å². The molecule has 0 aliphatic heterocycles. The van der Waals surface area contributed by atoms with Crippen LogP contribution >= 0.6 is 0 Å². The molecule has 21 heavy (non-hydrogen) atoms. The largest absolute Gasteiger partial charge is 0.435 e. The van der Waals surface area contributed by atoms with Gasteiger partial charge in [-0.2, -0.15) is 13.9 Å². The van der Waals surface area contributed by atoms with Gasteiger partial charge < -0.3 is 10.1 Å². The summed E-state index contributed by atoms with van der Waals surface area (Å²) in [7, 11) is 0. The molecule has 0 aliphatic carbocycles. The monoisotopic (exact) mass is 295 g/mol. The predicted molar refractivity (Wildman–Crippen MR) is 76.5 cm³/mol. The van der Waals surface area contributed by atoms with E-state index in [1.54, 1.807) is 12.1 Å². The molecule has 2 rings (SSSR count). The maximum atomic E-state index is 12.2. The van der Waals surface area contributed by atoms with E-state index in [1.165, 1.54) is 6.07 Å². The van der Waals surface area contributed by atoms with E-state index in [9.17, 15) is 8.78 Å². The normalized spacial score (nSPS) is 12.6. The fraction of sp³-hybridized carbons (Fsp3) is 0.400. The van der Waals surface area contributed by atoms with Crippen LogP contribution in [-0.2, 0) is 6.54 Å². The van der Waals surface area contributed by atoms with Crippen molar-refractivity contribution in [2.24, 2.45) is 0 Å². The Morgan fingerprint density at radius 2 is 2.19 bits per heavy atom. The summed E-state index contributed by atoms with van der Waals surface area (Å²) in [5.41, 5.74) is 2.03. The number of halogens is 2. The minimum atomic E-state index is -2.80. The SMILES string of the molecule is Cc1cnn(CCNC(C)c2cccc(OC(F)F)c2)c1. The van der Waals surface area contributed by atoms with Gasteiger partial charge in [0.2, 0.25) is 0 Å². The smallest absolute Gasteiger partial charge is 0.387 e. The van der Waals surface area contributed by atoms with Gasteiger partial charge >= 0.3 is 6.61 Å². The molecule has 1 atom stereocenters. The maximum Gasteiger partial charge on any atom is 0.387 e. The van der Waals surface area contributed by atoms with E-state index in [0.717, 1.165) is 24.2 Å². The molecule has 0 aliphatic rings. The van der Waals surface area contributed by atoms with Crippen LogP contribution in [-0.4, -0.2) is 22.9 Å². The molecule has 1 heterocycles. The molecule has 0 bridgehead atoms. The number of alkyl halides is 2. The van der Waals surface area contributed by atoms with Gasteiger partial charge in [0.05, 0.1) is 12.7 Å². The summed E-state index contributed by atoms with van der Waals surface area (Å²) in [6, 6.07) is 6.79. The van der Waals surface area contributed by atoms with Crippen LogP contribution in [0.4, 0.5) is 8.78 Å². The lowest BCUT2D eigenvalue weighted by Crippen LogP contribution is -2.23.